The van der Waals surface area contributed by atoms with Crippen LogP contribution in [0.4, 0.5) is 11.4 Å². The molecule has 2 aromatic rings. The van der Waals surface area contributed by atoms with Gasteiger partial charge in [0.05, 0.1) is 30.1 Å². The van der Waals surface area contributed by atoms with Gasteiger partial charge in [-0.3, -0.25) is 25.0 Å². The van der Waals surface area contributed by atoms with Gasteiger partial charge in [0, 0.05) is 12.5 Å². The molecule has 28 heavy (non-hydrogen) atoms. The van der Waals surface area contributed by atoms with Gasteiger partial charge in [-0.05, 0) is 36.6 Å². The molecule has 0 spiro atoms. The number of hydrogen-bond acceptors (Lipinski definition) is 8. The number of carbonyl (C=O) groups is 1. The lowest BCUT2D eigenvalue weighted by molar-refractivity contribution is -0.394. The van der Waals surface area contributed by atoms with Gasteiger partial charge in [0.1, 0.15) is 0 Å². The number of carbonyl (C=O) groups excluding carboxylic acids is 1. The predicted molar refractivity (Wildman–Crippen MR) is 98.0 cm³/mol. The maximum Gasteiger partial charge on any atom is 0.318 e. The van der Waals surface area contributed by atoms with Crippen molar-refractivity contribution in [3.63, 3.8) is 0 Å². The van der Waals surface area contributed by atoms with Crippen molar-refractivity contribution in [3.8, 4) is 17.2 Å². The molecular formula is C18H18N2O8. The summed E-state index contributed by atoms with van der Waals surface area (Å²) in [7, 11) is 3.03. The Morgan fingerprint density at radius 3 is 2.29 bits per heavy atom. The average Bonchev–Trinajstić information content (AvgIpc) is 2.65. The summed E-state index contributed by atoms with van der Waals surface area (Å²) in [6, 6.07) is 6.39. The van der Waals surface area contributed by atoms with Gasteiger partial charge in [0.2, 0.25) is 5.75 Å². The Balaban J connectivity index is 2.12. The number of hydrogen-bond donors (Lipinski definition) is 0. The van der Waals surface area contributed by atoms with Crippen LogP contribution in [-0.2, 0) is 11.2 Å². The molecule has 10 heteroatoms. The molecule has 2 aromatic carbocycles. The second kappa shape index (κ2) is 8.80. The molecule has 0 unspecified atom stereocenters. The van der Waals surface area contributed by atoms with Crippen molar-refractivity contribution in [3.05, 3.63) is 61.7 Å². The van der Waals surface area contributed by atoms with Crippen molar-refractivity contribution in [2.24, 2.45) is 0 Å². The molecule has 0 amide bonds. The molecule has 0 atom stereocenters. The van der Waals surface area contributed by atoms with E-state index in [0.29, 0.717) is 17.9 Å². The number of rotatable bonds is 8. The topological polar surface area (TPSA) is 131 Å². The van der Waals surface area contributed by atoms with Crippen LogP contribution in [0.25, 0.3) is 0 Å². The monoisotopic (exact) mass is 390 g/mol. The summed E-state index contributed by atoms with van der Waals surface area (Å²) in [6.07, 6.45) is 0.254. The second-order valence-corrected chi connectivity index (χ2v) is 5.79. The molecule has 0 aromatic heterocycles. The van der Waals surface area contributed by atoms with Crippen molar-refractivity contribution in [2.75, 3.05) is 14.2 Å². The average molecular weight is 390 g/mol. The summed E-state index contributed by atoms with van der Waals surface area (Å²) in [5.41, 5.74) is 0.512. The van der Waals surface area contributed by atoms with E-state index in [2.05, 4.69) is 0 Å². The van der Waals surface area contributed by atoms with E-state index in [4.69, 9.17) is 14.2 Å². The molecule has 0 aliphatic carbocycles. The first kappa shape index (κ1) is 20.6. The molecule has 0 saturated heterocycles. The Labute approximate surface area is 159 Å². The third kappa shape index (κ3) is 4.72. The molecule has 0 bridgehead atoms. The minimum Gasteiger partial charge on any atom is -0.493 e. The van der Waals surface area contributed by atoms with E-state index in [1.807, 2.05) is 13.0 Å². The van der Waals surface area contributed by atoms with Gasteiger partial charge in [-0.15, -0.1) is 0 Å². The van der Waals surface area contributed by atoms with Crippen molar-refractivity contribution >= 4 is 17.3 Å². The largest absolute Gasteiger partial charge is 0.493 e. The molecule has 0 N–H and O–H groups in total. The van der Waals surface area contributed by atoms with E-state index in [0.717, 1.165) is 29.3 Å². The Bertz CT molecular complexity index is 926. The number of esters is 1. The quantitative estimate of drug-likeness (QED) is 0.290. The molecule has 0 aliphatic heterocycles. The lowest BCUT2D eigenvalue weighted by atomic mass is 10.1. The summed E-state index contributed by atoms with van der Waals surface area (Å²) in [5.74, 6) is 0.0701. The van der Waals surface area contributed by atoms with Crippen LogP contribution in [0.3, 0.4) is 0 Å². The number of methoxy groups -OCH3 is 2. The summed E-state index contributed by atoms with van der Waals surface area (Å²) in [4.78, 5) is 32.3. The van der Waals surface area contributed by atoms with Gasteiger partial charge >= 0.3 is 11.7 Å². The second-order valence-electron chi connectivity index (χ2n) is 5.79. The van der Waals surface area contributed by atoms with Gasteiger partial charge in [-0.25, -0.2) is 0 Å². The third-order valence-corrected chi connectivity index (χ3v) is 3.92. The van der Waals surface area contributed by atoms with Gasteiger partial charge in [-0.1, -0.05) is 6.07 Å². The fraction of sp³-hybridized carbons (Fsp3) is 0.278. The van der Waals surface area contributed by atoms with Crippen LogP contribution in [0.15, 0.2) is 30.3 Å². The molecular weight excluding hydrogens is 372 g/mol. The van der Waals surface area contributed by atoms with Crippen molar-refractivity contribution < 1.29 is 28.9 Å². The van der Waals surface area contributed by atoms with Crippen LogP contribution in [0, 0.1) is 27.2 Å². The first-order chi connectivity index (χ1) is 13.3. The van der Waals surface area contributed by atoms with Crippen molar-refractivity contribution in [2.45, 2.75) is 19.8 Å². The smallest absolute Gasteiger partial charge is 0.318 e. The van der Waals surface area contributed by atoms with Crippen molar-refractivity contribution in [1.29, 1.82) is 0 Å². The first-order valence-corrected chi connectivity index (χ1v) is 8.11. The summed E-state index contributed by atoms with van der Waals surface area (Å²) in [5, 5.41) is 21.8. The summed E-state index contributed by atoms with van der Waals surface area (Å²) >= 11 is 0. The molecule has 2 rings (SSSR count). The number of nitrogens with zero attached hydrogens (tertiary/aromatic N) is 2. The van der Waals surface area contributed by atoms with Gasteiger partial charge in [0.15, 0.2) is 11.5 Å². The zero-order chi connectivity index (χ0) is 20.8. The maximum atomic E-state index is 12.1. The Morgan fingerprint density at radius 1 is 1.00 bits per heavy atom. The minimum atomic E-state index is -0.840. The van der Waals surface area contributed by atoms with E-state index < -0.39 is 27.2 Å². The molecule has 0 heterocycles. The molecule has 0 fully saturated rings. The van der Waals surface area contributed by atoms with Crippen LogP contribution in [0.5, 0.6) is 17.2 Å². The van der Waals surface area contributed by atoms with E-state index in [1.54, 1.807) is 6.07 Å². The highest BCUT2D eigenvalue weighted by Gasteiger charge is 2.22. The van der Waals surface area contributed by atoms with E-state index in [-0.39, 0.29) is 12.2 Å². The highest BCUT2D eigenvalue weighted by Crippen LogP contribution is 2.33. The first-order valence-electron chi connectivity index (χ1n) is 8.11. The highest BCUT2D eigenvalue weighted by atomic mass is 16.6. The van der Waals surface area contributed by atoms with Crippen LogP contribution in [-0.4, -0.2) is 30.0 Å². The van der Waals surface area contributed by atoms with Crippen LogP contribution in [0.1, 0.15) is 17.5 Å². The standard InChI is InChI=1S/C18H18N2O8/c1-11-8-12(9-16(26-2)18(11)27-3)4-7-17(21)28-15-6-5-13(19(22)23)10-14(15)20(24)25/h5-6,8-10H,4,7H2,1-3H3. The number of non-ortho nitro benzene ring substituents is 1. The van der Waals surface area contributed by atoms with Gasteiger partial charge in [-0.2, -0.15) is 0 Å². The molecule has 0 aliphatic rings. The van der Waals surface area contributed by atoms with E-state index in [9.17, 15) is 25.0 Å². The SMILES string of the molecule is COc1cc(CCC(=O)Oc2ccc([N+](=O)[O-])cc2[N+](=O)[O-])cc(C)c1OC. The fourth-order valence-corrected chi connectivity index (χ4v) is 2.64. The van der Waals surface area contributed by atoms with Gasteiger partial charge < -0.3 is 14.2 Å². The molecule has 10 nitrogen and oxygen atoms in total. The minimum absolute atomic E-state index is 0.0525. The number of nitro groups is 2. The molecule has 0 saturated carbocycles. The Hall–Kier alpha value is -3.69. The predicted octanol–water partition coefficient (Wildman–Crippen LogP) is 3.37. The van der Waals surface area contributed by atoms with Crippen molar-refractivity contribution in [1.82, 2.24) is 0 Å². The lowest BCUT2D eigenvalue weighted by Gasteiger charge is -2.12. The normalized spacial score (nSPS) is 10.2. The number of ether oxygens (including phenoxy) is 3. The van der Waals surface area contributed by atoms with Crippen LogP contribution in [0.2, 0.25) is 0 Å². The number of aryl methyl sites for hydroxylation is 2. The lowest BCUT2D eigenvalue weighted by Crippen LogP contribution is -2.10. The summed E-state index contributed by atoms with van der Waals surface area (Å²) < 4.78 is 15.6. The Kier molecular flexibility index (Phi) is 6.48. The number of nitro benzene ring substituents is 2. The van der Waals surface area contributed by atoms with Crippen LogP contribution < -0.4 is 14.2 Å². The zero-order valence-electron chi connectivity index (χ0n) is 15.5. The van der Waals surface area contributed by atoms with E-state index in [1.165, 1.54) is 14.2 Å². The number of benzene rings is 2. The molecule has 148 valence electrons. The molecule has 0 radical (unpaired) electrons. The summed E-state index contributed by atoms with van der Waals surface area (Å²) in [6.45, 7) is 1.84. The van der Waals surface area contributed by atoms with E-state index >= 15 is 0 Å². The third-order valence-electron chi connectivity index (χ3n) is 3.92. The zero-order valence-corrected chi connectivity index (χ0v) is 15.5. The maximum absolute atomic E-state index is 12.1. The van der Waals surface area contributed by atoms with Crippen LogP contribution >= 0.6 is 0 Å². The Morgan fingerprint density at radius 2 is 1.71 bits per heavy atom. The highest BCUT2D eigenvalue weighted by molar-refractivity contribution is 5.74. The fourth-order valence-electron chi connectivity index (χ4n) is 2.64. The van der Waals surface area contributed by atoms with Gasteiger partial charge in [0.25, 0.3) is 5.69 Å².